The van der Waals surface area contributed by atoms with E-state index >= 15 is 0 Å². The van der Waals surface area contributed by atoms with Gasteiger partial charge in [-0.3, -0.25) is 4.68 Å². The molecule has 0 bridgehead atoms. The molecule has 0 saturated carbocycles. The van der Waals surface area contributed by atoms with Crippen molar-refractivity contribution in [2.24, 2.45) is 0 Å². The standard InChI is InChI=1S/C13H16ClN3/c1-2-17-13(15-10-16-17)9-8-12(14)11-6-4-3-5-7-11/h3-7,10,12H,2,8-9H2,1H3. The molecule has 2 rings (SSSR count). The van der Waals surface area contributed by atoms with Gasteiger partial charge in [0, 0.05) is 13.0 Å². The van der Waals surface area contributed by atoms with E-state index in [1.807, 2.05) is 22.9 Å². The molecule has 0 fully saturated rings. The van der Waals surface area contributed by atoms with Crippen molar-refractivity contribution in [3.63, 3.8) is 0 Å². The number of benzene rings is 1. The smallest absolute Gasteiger partial charge is 0.138 e. The largest absolute Gasteiger partial charge is 0.250 e. The molecule has 1 aromatic carbocycles. The van der Waals surface area contributed by atoms with E-state index in [0.717, 1.165) is 30.8 Å². The topological polar surface area (TPSA) is 30.7 Å². The lowest BCUT2D eigenvalue weighted by Gasteiger charge is -2.09. The highest BCUT2D eigenvalue weighted by Gasteiger charge is 2.10. The number of rotatable bonds is 5. The van der Waals surface area contributed by atoms with Crippen molar-refractivity contribution in [1.29, 1.82) is 0 Å². The molecule has 0 aliphatic carbocycles. The molecule has 1 atom stereocenters. The van der Waals surface area contributed by atoms with Gasteiger partial charge in [-0.1, -0.05) is 30.3 Å². The van der Waals surface area contributed by atoms with Gasteiger partial charge in [0.1, 0.15) is 12.2 Å². The van der Waals surface area contributed by atoms with Crippen LogP contribution in [0.2, 0.25) is 0 Å². The number of nitrogens with zero attached hydrogens (tertiary/aromatic N) is 3. The Morgan fingerprint density at radius 3 is 2.76 bits per heavy atom. The van der Waals surface area contributed by atoms with Crippen molar-refractivity contribution in [2.75, 3.05) is 0 Å². The van der Waals surface area contributed by atoms with Gasteiger partial charge in [-0.05, 0) is 18.9 Å². The SMILES string of the molecule is CCn1ncnc1CCC(Cl)c1ccccc1. The molecule has 0 aliphatic heterocycles. The molecule has 0 aliphatic rings. The highest BCUT2D eigenvalue weighted by molar-refractivity contribution is 6.20. The van der Waals surface area contributed by atoms with Crippen LogP contribution in [0.5, 0.6) is 0 Å². The fraction of sp³-hybridized carbons (Fsp3) is 0.385. The second-order valence-electron chi connectivity index (χ2n) is 3.91. The lowest BCUT2D eigenvalue weighted by Crippen LogP contribution is -2.05. The minimum Gasteiger partial charge on any atom is -0.250 e. The van der Waals surface area contributed by atoms with Crippen LogP contribution in [0, 0.1) is 0 Å². The van der Waals surface area contributed by atoms with E-state index in [0.29, 0.717) is 0 Å². The fourth-order valence-electron chi connectivity index (χ4n) is 1.83. The van der Waals surface area contributed by atoms with Crippen molar-refractivity contribution in [1.82, 2.24) is 14.8 Å². The molecule has 1 heterocycles. The van der Waals surface area contributed by atoms with Gasteiger partial charge in [-0.2, -0.15) is 5.10 Å². The summed E-state index contributed by atoms with van der Waals surface area (Å²) in [6.07, 6.45) is 3.34. The third-order valence-corrected chi connectivity index (χ3v) is 3.25. The number of aryl methyl sites for hydroxylation is 2. The molecule has 0 radical (unpaired) electrons. The summed E-state index contributed by atoms with van der Waals surface area (Å²) in [4.78, 5) is 4.25. The first-order valence-electron chi connectivity index (χ1n) is 5.87. The van der Waals surface area contributed by atoms with Crippen LogP contribution in [0.3, 0.4) is 0 Å². The summed E-state index contributed by atoms with van der Waals surface area (Å²) in [5, 5.41) is 4.19. The van der Waals surface area contributed by atoms with E-state index in [4.69, 9.17) is 11.6 Å². The van der Waals surface area contributed by atoms with Gasteiger partial charge < -0.3 is 0 Å². The zero-order chi connectivity index (χ0) is 12.1. The monoisotopic (exact) mass is 249 g/mol. The summed E-state index contributed by atoms with van der Waals surface area (Å²) in [5.74, 6) is 1.01. The van der Waals surface area contributed by atoms with Gasteiger partial charge in [-0.25, -0.2) is 4.98 Å². The average Bonchev–Trinajstić information content (AvgIpc) is 2.84. The van der Waals surface area contributed by atoms with Crippen LogP contribution < -0.4 is 0 Å². The molecule has 1 unspecified atom stereocenters. The third kappa shape index (κ3) is 3.07. The van der Waals surface area contributed by atoms with Crippen molar-refractivity contribution in [3.05, 3.63) is 48.0 Å². The second kappa shape index (κ2) is 5.82. The predicted octanol–water partition coefficient (Wildman–Crippen LogP) is 3.21. The number of aromatic nitrogens is 3. The van der Waals surface area contributed by atoms with Crippen LogP contribution in [-0.4, -0.2) is 14.8 Å². The van der Waals surface area contributed by atoms with E-state index in [2.05, 4.69) is 29.1 Å². The maximum absolute atomic E-state index is 6.36. The molecular weight excluding hydrogens is 234 g/mol. The van der Waals surface area contributed by atoms with Crippen LogP contribution in [0.4, 0.5) is 0 Å². The first-order chi connectivity index (χ1) is 8.31. The fourth-order valence-corrected chi connectivity index (χ4v) is 2.08. The summed E-state index contributed by atoms with van der Waals surface area (Å²) in [5.41, 5.74) is 1.16. The Morgan fingerprint density at radius 2 is 2.06 bits per heavy atom. The summed E-state index contributed by atoms with van der Waals surface area (Å²) >= 11 is 6.36. The molecule has 1 aromatic heterocycles. The maximum atomic E-state index is 6.36. The van der Waals surface area contributed by atoms with E-state index in [1.54, 1.807) is 6.33 Å². The molecule has 0 saturated heterocycles. The van der Waals surface area contributed by atoms with Crippen LogP contribution >= 0.6 is 11.6 Å². The summed E-state index contributed by atoms with van der Waals surface area (Å²) in [7, 11) is 0. The Kier molecular flexibility index (Phi) is 4.15. The first kappa shape index (κ1) is 12.1. The van der Waals surface area contributed by atoms with Gasteiger partial charge in [-0.15, -0.1) is 11.6 Å². The van der Waals surface area contributed by atoms with E-state index in [9.17, 15) is 0 Å². The zero-order valence-corrected chi connectivity index (χ0v) is 10.6. The summed E-state index contributed by atoms with van der Waals surface area (Å²) < 4.78 is 1.91. The molecule has 0 amide bonds. The molecule has 0 spiro atoms. The third-order valence-electron chi connectivity index (χ3n) is 2.78. The zero-order valence-electron chi connectivity index (χ0n) is 9.88. The van der Waals surface area contributed by atoms with Gasteiger partial charge in [0.25, 0.3) is 0 Å². The van der Waals surface area contributed by atoms with Crippen molar-refractivity contribution < 1.29 is 0 Å². The first-order valence-corrected chi connectivity index (χ1v) is 6.30. The van der Waals surface area contributed by atoms with Gasteiger partial charge in [0.2, 0.25) is 0 Å². The minimum absolute atomic E-state index is 0.0400. The van der Waals surface area contributed by atoms with Gasteiger partial charge in [0.05, 0.1) is 5.38 Å². The number of hydrogen-bond donors (Lipinski definition) is 0. The molecule has 4 heteroatoms. The van der Waals surface area contributed by atoms with Gasteiger partial charge in [0.15, 0.2) is 0 Å². The highest BCUT2D eigenvalue weighted by atomic mass is 35.5. The highest BCUT2D eigenvalue weighted by Crippen LogP contribution is 2.25. The van der Waals surface area contributed by atoms with E-state index in [1.165, 1.54) is 0 Å². The van der Waals surface area contributed by atoms with Crippen LogP contribution in [0.1, 0.15) is 30.1 Å². The maximum Gasteiger partial charge on any atom is 0.138 e. The lowest BCUT2D eigenvalue weighted by molar-refractivity contribution is 0.599. The van der Waals surface area contributed by atoms with Crippen LogP contribution in [0.15, 0.2) is 36.7 Å². The number of hydrogen-bond acceptors (Lipinski definition) is 2. The molecule has 17 heavy (non-hydrogen) atoms. The van der Waals surface area contributed by atoms with Gasteiger partial charge >= 0.3 is 0 Å². The number of alkyl halides is 1. The quantitative estimate of drug-likeness (QED) is 0.762. The van der Waals surface area contributed by atoms with Crippen molar-refractivity contribution in [2.45, 2.75) is 31.7 Å². The van der Waals surface area contributed by atoms with Crippen molar-refractivity contribution >= 4 is 11.6 Å². The lowest BCUT2D eigenvalue weighted by atomic mass is 10.1. The summed E-state index contributed by atoms with van der Waals surface area (Å²) in [6, 6.07) is 10.1. The Hall–Kier alpha value is -1.35. The molecular formula is C13H16ClN3. The Labute approximate surface area is 106 Å². The van der Waals surface area contributed by atoms with Crippen molar-refractivity contribution in [3.8, 4) is 0 Å². The van der Waals surface area contributed by atoms with E-state index < -0.39 is 0 Å². The number of halogens is 1. The summed E-state index contributed by atoms with van der Waals surface area (Å²) in [6.45, 7) is 2.92. The molecule has 90 valence electrons. The second-order valence-corrected chi connectivity index (χ2v) is 4.44. The molecule has 3 nitrogen and oxygen atoms in total. The van der Waals surface area contributed by atoms with E-state index in [-0.39, 0.29) is 5.38 Å². The Morgan fingerprint density at radius 1 is 1.29 bits per heavy atom. The molecule has 2 aromatic rings. The molecule has 0 N–H and O–H groups in total. The predicted molar refractivity (Wildman–Crippen MR) is 69.1 cm³/mol. The average molecular weight is 250 g/mol. The normalized spacial score (nSPS) is 12.6. The Bertz CT molecular complexity index is 453. The van der Waals surface area contributed by atoms with Crippen LogP contribution in [-0.2, 0) is 13.0 Å². The Balaban J connectivity index is 1.95. The van der Waals surface area contributed by atoms with Crippen LogP contribution in [0.25, 0.3) is 0 Å². The minimum atomic E-state index is 0.0400.